The van der Waals surface area contributed by atoms with Crippen molar-refractivity contribution in [2.24, 2.45) is 0 Å². The summed E-state index contributed by atoms with van der Waals surface area (Å²) in [6.45, 7) is 0. The normalized spacial score (nSPS) is 10.0. The predicted octanol–water partition coefficient (Wildman–Crippen LogP) is 0.999. The van der Waals surface area contributed by atoms with Crippen molar-refractivity contribution in [3.8, 4) is 0 Å². The smallest absolute Gasteiger partial charge is 0.371 e. The van der Waals surface area contributed by atoms with E-state index in [1.807, 2.05) is 0 Å². The number of aromatic nitrogens is 2. The molecule has 0 bridgehead atoms. The minimum absolute atomic E-state index is 0.0489. The molecule has 2 heterocycles. The lowest BCUT2D eigenvalue weighted by Gasteiger charge is -1.94. The summed E-state index contributed by atoms with van der Waals surface area (Å²) in [5.41, 5.74) is 0.244. The van der Waals surface area contributed by atoms with E-state index in [4.69, 9.17) is 9.52 Å². The molecule has 0 unspecified atom stereocenters. The molecular weight excluding hydrogens is 212 g/mol. The molecule has 6 nitrogen and oxygen atoms in total. The van der Waals surface area contributed by atoms with Gasteiger partial charge in [0.2, 0.25) is 11.5 Å². The quantitative estimate of drug-likeness (QED) is 0.772. The van der Waals surface area contributed by atoms with E-state index in [1.54, 1.807) is 0 Å². The van der Waals surface area contributed by atoms with Gasteiger partial charge in [-0.05, 0) is 12.1 Å². The second-order valence-corrected chi connectivity index (χ2v) is 2.93. The number of carbonyl (C=O) groups is 2. The van der Waals surface area contributed by atoms with Crippen molar-refractivity contribution in [2.45, 2.75) is 0 Å². The van der Waals surface area contributed by atoms with Crippen molar-refractivity contribution >= 4 is 11.8 Å². The first-order valence-electron chi connectivity index (χ1n) is 4.31. The molecule has 2 rings (SSSR count). The Morgan fingerprint density at radius 1 is 1.12 bits per heavy atom. The van der Waals surface area contributed by atoms with E-state index in [0.717, 1.165) is 0 Å². The lowest BCUT2D eigenvalue weighted by molar-refractivity contribution is 0.0660. The molecule has 0 aliphatic carbocycles. The lowest BCUT2D eigenvalue weighted by Crippen LogP contribution is -2.01. The standard InChI is InChI=1S/C10H6N2O4/c13-9(6-3-11-5-12-4-6)7-1-2-8(16-7)10(14)15/h1-5H,(H,14,15). The predicted molar refractivity (Wildman–Crippen MR) is 51.1 cm³/mol. The van der Waals surface area contributed by atoms with Crippen molar-refractivity contribution < 1.29 is 19.1 Å². The Morgan fingerprint density at radius 2 is 1.75 bits per heavy atom. The molecule has 0 amide bonds. The van der Waals surface area contributed by atoms with E-state index in [1.165, 1.54) is 30.9 Å². The molecule has 1 N–H and O–H groups in total. The third-order valence-electron chi connectivity index (χ3n) is 1.86. The molecule has 0 radical (unpaired) electrons. The maximum atomic E-state index is 11.7. The fraction of sp³-hybridized carbons (Fsp3) is 0. The summed E-state index contributed by atoms with van der Waals surface area (Å²) in [7, 11) is 0. The molecule has 0 aliphatic rings. The van der Waals surface area contributed by atoms with E-state index in [-0.39, 0.29) is 17.1 Å². The molecule has 0 spiro atoms. The highest BCUT2D eigenvalue weighted by Gasteiger charge is 2.16. The molecule has 16 heavy (non-hydrogen) atoms. The van der Waals surface area contributed by atoms with Crippen LogP contribution in [-0.2, 0) is 0 Å². The van der Waals surface area contributed by atoms with Gasteiger partial charge in [0.15, 0.2) is 5.76 Å². The first-order chi connectivity index (χ1) is 7.68. The number of furan rings is 1. The van der Waals surface area contributed by atoms with Gasteiger partial charge in [-0.15, -0.1) is 0 Å². The van der Waals surface area contributed by atoms with Crippen LogP contribution >= 0.6 is 0 Å². The third-order valence-corrected chi connectivity index (χ3v) is 1.86. The Labute approximate surface area is 89.6 Å². The molecule has 0 fully saturated rings. The average Bonchev–Trinajstić information content (AvgIpc) is 2.78. The Morgan fingerprint density at radius 3 is 2.31 bits per heavy atom. The Bertz CT molecular complexity index is 533. The third kappa shape index (κ3) is 1.81. The van der Waals surface area contributed by atoms with Crippen LogP contribution in [0, 0.1) is 0 Å². The van der Waals surface area contributed by atoms with Crippen molar-refractivity contribution in [1.29, 1.82) is 0 Å². The van der Waals surface area contributed by atoms with Gasteiger partial charge in [0.1, 0.15) is 6.33 Å². The molecule has 0 saturated carbocycles. The van der Waals surface area contributed by atoms with Gasteiger partial charge in [-0.1, -0.05) is 0 Å². The second kappa shape index (κ2) is 3.93. The van der Waals surface area contributed by atoms with E-state index in [2.05, 4.69) is 9.97 Å². The van der Waals surface area contributed by atoms with Gasteiger partial charge in [0.05, 0.1) is 5.56 Å². The number of aromatic carboxylic acids is 1. The van der Waals surface area contributed by atoms with Crippen molar-refractivity contribution in [3.63, 3.8) is 0 Å². The summed E-state index contributed by atoms with van der Waals surface area (Å²) in [6, 6.07) is 2.53. The zero-order valence-corrected chi connectivity index (χ0v) is 7.95. The molecule has 2 aromatic heterocycles. The van der Waals surface area contributed by atoms with Crippen LogP contribution in [0.4, 0.5) is 0 Å². The van der Waals surface area contributed by atoms with Crippen LogP contribution < -0.4 is 0 Å². The number of carbonyl (C=O) groups excluding carboxylic acids is 1. The first kappa shape index (κ1) is 10.0. The summed E-state index contributed by atoms with van der Waals surface area (Å²) in [4.78, 5) is 29.6. The fourth-order valence-electron chi connectivity index (χ4n) is 1.13. The van der Waals surface area contributed by atoms with Crippen LogP contribution in [0.1, 0.15) is 26.7 Å². The average molecular weight is 218 g/mol. The Kier molecular flexibility index (Phi) is 2.47. The Hall–Kier alpha value is -2.50. The van der Waals surface area contributed by atoms with Gasteiger partial charge < -0.3 is 9.52 Å². The number of nitrogens with zero attached hydrogens (tertiary/aromatic N) is 2. The number of ketones is 1. The SMILES string of the molecule is O=C(O)c1ccc(C(=O)c2cncnc2)o1. The highest BCUT2D eigenvalue weighted by molar-refractivity contribution is 6.07. The molecule has 0 saturated heterocycles. The number of rotatable bonds is 3. The van der Waals surface area contributed by atoms with Crippen molar-refractivity contribution in [1.82, 2.24) is 9.97 Å². The zero-order valence-electron chi connectivity index (χ0n) is 7.95. The van der Waals surface area contributed by atoms with Crippen LogP contribution in [0.15, 0.2) is 35.3 Å². The maximum absolute atomic E-state index is 11.7. The van der Waals surface area contributed by atoms with Gasteiger partial charge in [0, 0.05) is 12.4 Å². The minimum atomic E-state index is -1.22. The van der Waals surface area contributed by atoms with Crippen molar-refractivity contribution in [2.75, 3.05) is 0 Å². The highest BCUT2D eigenvalue weighted by Crippen LogP contribution is 2.12. The topological polar surface area (TPSA) is 93.3 Å². The zero-order chi connectivity index (χ0) is 11.5. The van der Waals surface area contributed by atoms with Crippen LogP contribution in [0.3, 0.4) is 0 Å². The number of carboxylic acid groups (broad SMARTS) is 1. The largest absolute Gasteiger partial charge is 0.475 e. The number of carboxylic acids is 1. The highest BCUT2D eigenvalue weighted by atomic mass is 16.4. The summed E-state index contributed by atoms with van der Waals surface area (Å²) in [5, 5.41) is 8.62. The summed E-state index contributed by atoms with van der Waals surface area (Å²) in [5.74, 6) is -2.00. The maximum Gasteiger partial charge on any atom is 0.371 e. The van der Waals surface area contributed by atoms with Crippen LogP contribution in [0.25, 0.3) is 0 Å². The molecule has 0 aromatic carbocycles. The van der Waals surface area contributed by atoms with Crippen LogP contribution in [-0.4, -0.2) is 26.8 Å². The molecule has 0 aliphatic heterocycles. The number of hydrogen-bond donors (Lipinski definition) is 1. The van der Waals surface area contributed by atoms with Crippen LogP contribution in [0.2, 0.25) is 0 Å². The van der Waals surface area contributed by atoms with Gasteiger partial charge in [0.25, 0.3) is 0 Å². The van der Waals surface area contributed by atoms with E-state index >= 15 is 0 Å². The lowest BCUT2D eigenvalue weighted by atomic mass is 10.2. The number of hydrogen-bond acceptors (Lipinski definition) is 5. The summed E-state index contributed by atoms with van der Waals surface area (Å²) < 4.78 is 4.86. The molecule has 6 heteroatoms. The fourth-order valence-corrected chi connectivity index (χ4v) is 1.13. The van der Waals surface area contributed by atoms with Gasteiger partial charge in [-0.25, -0.2) is 14.8 Å². The molecular formula is C10H6N2O4. The molecule has 0 atom stereocenters. The van der Waals surface area contributed by atoms with Crippen LogP contribution in [0.5, 0.6) is 0 Å². The monoisotopic (exact) mass is 218 g/mol. The van der Waals surface area contributed by atoms with Gasteiger partial charge in [-0.2, -0.15) is 0 Å². The summed E-state index contributed by atoms with van der Waals surface area (Å²) in [6.07, 6.45) is 3.96. The molecule has 2 aromatic rings. The van der Waals surface area contributed by atoms with Gasteiger partial charge >= 0.3 is 5.97 Å². The summed E-state index contributed by atoms with van der Waals surface area (Å²) >= 11 is 0. The second-order valence-electron chi connectivity index (χ2n) is 2.93. The minimum Gasteiger partial charge on any atom is -0.475 e. The van der Waals surface area contributed by atoms with E-state index in [9.17, 15) is 9.59 Å². The first-order valence-corrected chi connectivity index (χ1v) is 4.31. The van der Waals surface area contributed by atoms with E-state index < -0.39 is 11.8 Å². The van der Waals surface area contributed by atoms with Gasteiger partial charge in [-0.3, -0.25) is 4.79 Å². The van der Waals surface area contributed by atoms with E-state index in [0.29, 0.717) is 0 Å². The Balaban J connectivity index is 2.31. The van der Waals surface area contributed by atoms with Crippen molar-refractivity contribution in [3.05, 3.63) is 47.9 Å². The molecule has 80 valence electrons.